The second-order valence-corrected chi connectivity index (χ2v) is 6.76. The molecule has 134 valence electrons. The second-order valence-electron chi connectivity index (χ2n) is 6.76. The zero-order valence-electron chi connectivity index (χ0n) is 14.6. The summed E-state index contributed by atoms with van der Waals surface area (Å²) in [5.41, 5.74) is 3.15. The van der Waals surface area contributed by atoms with Gasteiger partial charge in [0.2, 0.25) is 11.8 Å². The van der Waals surface area contributed by atoms with Gasteiger partial charge in [0.25, 0.3) is 0 Å². The van der Waals surface area contributed by atoms with E-state index in [2.05, 4.69) is 17.4 Å². The summed E-state index contributed by atoms with van der Waals surface area (Å²) in [6.07, 6.45) is 3.31. The Balaban J connectivity index is 1.51. The molecule has 2 aromatic carbocycles. The van der Waals surface area contributed by atoms with E-state index in [0.717, 1.165) is 19.3 Å². The molecule has 2 aromatic rings. The predicted molar refractivity (Wildman–Crippen MR) is 99.2 cm³/mol. The smallest absolute Gasteiger partial charge is 0.240 e. The van der Waals surface area contributed by atoms with E-state index in [0.29, 0.717) is 18.0 Å². The lowest BCUT2D eigenvalue weighted by Gasteiger charge is -2.28. The van der Waals surface area contributed by atoms with Crippen LogP contribution in [0.15, 0.2) is 48.5 Å². The summed E-state index contributed by atoms with van der Waals surface area (Å²) in [6, 6.07) is 15.6. The van der Waals surface area contributed by atoms with Gasteiger partial charge in [-0.25, -0.2) is 0 Å². The van der Waals surface area contributed by atoms with Crippen molar-refractivity contribution >= 4 is 17.5 Å². The van der Waals surface area contributed by atoms with E-state index in [4.69, 9.17) is 4.74 Å². The lowest BCUT2D eigenvalue weighted by atomic mass is 9.88. The van der Waals surface area contributed by atoms with Gasteiger partial charge in [-0.05, 0) is 42.5 Å². The Hall–Kier alpha value is -2.82. The van der Waals surface area contributed by atoms with Crippen LogP contribution in [0.4, 0.5) is 5.69 Å². The van der Waals surface area contributed by atoms with Crippen molar-refractivity contribution in [2.24, 2.45) is 0 Å². The predicted octanol–water partition coefficient (Wildman–Crippen LogP) is 3.00. The van der Waals surface area contributed by atoms with Crippen LogP contribution in [0, 0.1) is 0 Å². The Morgan fingerprint density at radius 3 is 2.85 bits per heavy atom. The number of aryl methyl sites for hydroxylation is 1. The number of rotatable bonds is 3. The molecule has 1 atom stereocenters. The van der Waals surface area contributed by atoms with E-state index < -0.39 is 0 Å². The molecule has 0 bridgehead atoms. The third-order valence-corrected chi connectivity index (χ3v) is 5.04. The van der Waals surface area contributed by atoms with Gasteiger partial charge in [0.05, 0.1) is 24.8 Å². The lowest BCUT2D eigenvalue weighted by molar-refractivity contribution is -0.124. The van der Waals surface area contributed by atoms with Crippen LogP contribution in [0.3, 0.4) is 0 Å². The molecule has 0 saturated carbocycles. The van der Waals surface area contributed by atoms with Crippen LogP contribution in [0.1, 0.15) is 36.4 Å². The second kappa shape index (κ2) is 7.20. The largest absolute Gasteiger partial charge is 0.491 e. The Morgan fingerprint density at radius 2 is 1.92 bits per heavy atom. The fourth-order valence-corrected chi connectivity index (χ4v) is 3.78. The zero-order valence-corrected chi connectivity index (χ0v) is 14.6. The molecule has 0 unspecified atom stereocenters. The van der Waals surface area contributed by atoms with E-state index in [-0.39, 0.29) is 30.8 Å². The molecule has 0 spiro atoms. The number of hydrogen-bond donors (Lipinski definition) is 1. The monoisotopic (exact) mass is 350 g/mol. The fourth-order valence-electron chi connectivity index (χ4n) is 3.78. The standard InChI is InChI=1S/C21H22N2O3/c24-20(22-17-9-5-7-15-6-1-2-8-16(15)17)14-23-18-10-3-4-11-19(18)26-13-12-21(23)25/h1-4,6,8,10-11,17H,5,7,9,12-14H2,(H,22,24)/t17-/m1/s1. The first-order chi connectivity index (χ1) is 12.7. The summed E-state index contributed by atoms with van der Waals surface area (Å²) in [4.78, 5) is 26.7. The molecule has 1 aliphatic carbocycles. The highest BCUT2D eigenvalue weighted by atomic mass is 16.5. The van der Waals surface area contributed by atoms with Crippen LogP contribution >= 0.6 is 0 Å². The van der Waals surface area contributed by atoms with Crippen molar-refractivity contribution in [1.29, 1.82) is 0 Å². The topological polar surface area (TPSA) is 58.6 Å². The molecule has 0 saturated heterocycles. The van der Waals surface area contributed by atoms with Crippen LogP contribution in [-0.4, -0.2) is 25.0 Å². The number of anilines is 1. The molecule has 2 amide bonds. The van der Waals surface area contributed by atoms with Crippen molar-refractivity contribution < 1.29 is 14.3 Å². The highest BCUT2D eigenvalue weighted by Gasteiger charge is 2.27. The SMILES string of the molecule is O=C(CN1C(=O)CCOc2ccccc21)N[C@@H]1CCCc2ccccc21. The van der Waals surface area contributed by atoms with E-state index in [1.165, 1.54) is 16.0 Å². The number of carbonyl (C=O) groups is 2. The van der Waals surface area contributed by atoms with Crippen molar-refractivity contribution in [3.05, 3.63) is 59.7 Å². The number of benzene rings is 2. The first kappa shape index (κ1) is 16.6. The summed E-state index contributed by atoms with van der Waals surface area (Å²) in [6.45, 7) is 0.349. The van der Waals surface area contributed by atoms with Crippen LogP contribution in [0.2, 0.25) is 0 Å². The molecule has 5 heteroatoms. The summed E-state index contributed by atoms with van der Waals surface area (Å²) < 4.78 is 5.63. The maximum Gasteiger partial charge on any atom is 0.240 e. The van der Waals surface area contributed by atoms with Gasteiger partial charge in [0.15, 0.2) is 0 Å². The number of fused-ring (bicyclic) bond motifs is 2. The van der Waals surface area contributed by atoms with E-state index in [1.807, 2.05) is 36.4 Å². The van der Waals surface area contributed by atoms with Gasteiger partial charge in [-0.1, -0.05) is 36.4 Å². The minimum absolute atomic E-state index is 0.0118. The van der Waals surface area contributed by atoms with E-state index in [9.17, 15) is 9.59 Å². The summed E-state index contributed by atoms with van der Waals surface area (Å²) in [5.74, 6) is 0.417. The maximum atomic E-state index is 12.7. The minimum atomic E-state index is -0.142. The average molecular weight is 350 g/mol. The van der Waals surface area contributed by atoms with Crippen LogP contribution in [-0.2, 0) is 16.0 Å². The zero-order chi connectivity index (χ0) is 17.9. The highest BCUT2D eigenvalue weighted by molar-refractivity contribution is 6.00. The van der Waals surface area contributed by atoms with Gasteiger partial charge in [0.1, 0.15) is 12.3 Å². The molecule has 0 aromatic heterocycles. The van der Waals surface area contributed by atoms with Crippen LogP contribution < -0.4 is 15.0 Å². The number of hydrogen-bond acceptors (Lipinski definition) is 3. The minimum Gasteiger partial charge on any atom is -0.491 e. The molecular weight excluding hydrogens is 328 g/mol. The normalized spacial score (nSPS) is 19.0. The van der Waals surface area contributed by atoms with Gasteiger partial charge in [-0.2, -0.15) is 0 Å². The van der Waals surface area contributed by atoms with Crippen LogP contribution in [0.25, 0.3) is 0 Å². The molecule has 2 aliphatic rings. The van der Waals surface area contributed by atoms with Crippen molar-refractivity contribution in [3.63, 3.8) is 0 Å². The number of nitrogens with zero attached hydrogens (tertiary/aromatic N) is 1. The Labute approximate surface area is 153 Å². The Bertz CT molecular complexity index is 834. The number of nitrogens with one attached hydrogen (secondary N) is 1. The maximum absolute atomic E-state index is 12.7. The lowest BCUT2D eigenvalue weighted by Crippen LogP contribution is -2.42. The first-order valence-electron chi connectivity index (χ1n) is 9.12. The third kappa shape index (κ3) is 3.29. The van der Waals surface area contributed by atoms with Gasteiger partial charge in [-0.3, -0.25) is 14.5 Å². The average Bonchev–Trinajstić information content (AvgIpc) is 2.81. The molecule has 1 heterocycles. The van der Waals surface area contributed by atoms with Gasteiger partial charge >= 0.3 is 0 Å². The number of ether oxygens (including phenoxy) is 1. The summed E-state index contributed by atoms with van der Waals surface area (Å²) in [7, 11) is 0. The first-order valence-corrected chi connectivity index (χ1v) is 9.12. The molecular formula is C21H22N2O3. The molecule has 0 radical (unpaired) electrons. The van der Waals surface area contributed by atoms with Gasteiger partial charge in [0, 0.05) is 0 Å². The molecule has 4 rings (SSSR count). The van der Waals surface area contributed by atoms with Crippen molar-refractivity contribution in [2.45, 2.75) is 31.7 Å². The molecule has 0 fully saturated rings. The summed E-state index contributed by atoms with van der Waals surface area (Å²) >= 11 is 0. The number of carbonyl (C=O) groups excluding carboxylic acids is 2. The molecule has 1 N–H and O–H groups in total. The van der Waals surface area contributed by atoms with Crippen molar-refractivity contribution in [1.82, 2.24) is 5.32 Å². The van der Waals surface area contributed by atoms with Crippen molar-refractivity contribution in [3.8, 4) is 5.75 Å². The van der Waals surface area contributed by atoms with E-state index >= 15 is 0 Å². The third-order valence-electron chi connectivity index (χ3n) is 5.04. The Morgan fingerprint density at radius 1 is 1.12 bits per heavy atom. The number of para-hydroxylation sites is 2. The number of amides is 2. The molecule has 26 heavy (non-hydrogen) atoms. The highest BCUT2D eigenvalue weighted by Crippen LogP contribution is 2.32. The quantitative estimate of drug-likeness (QED) is 0.926. The van der Waals surface area contributed by atoms with E-state index in [1.54, 1.807) is 0 Å². The van der Waals surface area contributed by atoms with Gasteiger partial charge < -0.3 is 10.1 Å². The fraction of sp³-hybridized carbons (Fsp3) is 0.333. The molecule has 1 aliphatic heterocycles. The van der Waals surface area contributed by atoms with Gasteiger partial charge in [-0.15, -0.1) is 0 Å². The van der Waals surface area contributed by atoms with Crippen molar-refractivity contribution in [2.75, 3.05) is 18.1 Å². The Kier molecular flexibility index (Phi) is 4.61. The summed E-state index contributed by atoms with van der Waals surface area (Å²) in [5, 5.41) is 3.12. The van der Waals surface area contributed by atoms with Crippen LogP contribution in [0.5, 0.6) is 5.75 Å². The molecule has 5 nitrogen and oxygen atoms in total.